The standard InChI is InChI=1S/C13H6ClF3N2S/c14-7-2-1-3-10-12(7)19(13(20)18-10)6-4-8(15)11(17)9(16)5-6/h1-5H,(H,18,20). The van der Waals surface area contributed by atoms with Gasteiger partial charge in [0.25, 0.3) is 0 Å². The van der Waals surface area contributed by atoms with Crippen LogP contribution in [0.4, 0.5) is 13.2 Å². The molecule has 20 heavy (non-hydrogen) atoms. The molecule has 2 aromatic carbocycles. The fourth-order valence-corrected chi connectivity index (χ4v) is 2.60. The van der Waals surface area contributed by atoms with E-state index in [1.54, 1.807) is 18.2 Å². The van der Waals surface area contributed by atoms with E-state index in [-0.39, 0.29) is 10.5 Å². The predicted octanol–water partition coefficient (Wildman–Crippen LogP) is 4.76. The van der Waals surface area contributed by atoms with Crippen LogP contribution in [0.15, 0.2) is 30.3 Å². The molecule has 7 heteroatoms. The van der Waals surface area contributed by atoms with Gasteiger partial charge >= 0.3 is 0 Å². The number of fused-ring (bicyclic) bond motifs is 1. The van der Waals surface area contributed by atoms with Crippen molar-refractivity contribution in [3.8, 4) is 5.69 Å². The maximum atomic E-state index is 13.4. The number of aromatic nitrogens is 2. The molecule has 0 radical (unpaired) electrons. The number of hydrogen-bond donors (Lipinski definition) is 1. The van der Waals surface area contributed by atoms with Crippen LogP contribution in [0.1, 0.15) is 0 Å². The Morgan fingerprint density at radius 2 is 1.75 bits per heavy atom. The van der Waals surface area contributed by atoms with Gasteiger partial charge in [0.15, 0.2) is 22.2 Å². The Morgan fingerprint density at radius 1 is 1.10 bits per heavy atom. The molecule has 1 aromatic heterocycles. The van der Waals surface area contributed by atoms with Crippen LogP contribution in [0.25, 0.3) is 16.7 Å². The van der Waals surface area contributed by atoms with Crippen molar-refractivity contribution in [2.24, 2.45) is 0 Å². The van der Waals surface area contributed by atoms with Crippen LogP contribution in [-0.4, -0.2) is 9.55 Å². The third-order valence-corrected chi connectivity index (χ3v) is 3.47. The molecule has 0 fully saturated rings. The topological polar surface area (TPSA) is 20.7 Å². The first-order valence-electron chi connectivity index (χ1n) is 5.53. The van der Waals surface area contributed by atoms with E-state index in [1.807, 2.05) is 0 Å². The second-order valence-corrected chi connectivity index (χ2v) is 4.92. The average Bonchev–Trinajstić information content (AvgIpc) is 2.73. The number of benzene rings is 2. The van der Waals surface area contributed by atoms with Crippen LogP contribution in [0, 0.1) is 22.2 Å². The third-order valence-electron chi connectivity index (χ3n) is 2.88. The van der Waals surface area contributed by atoms with Crippen molar-refractivity contribution in [2.75, 3.05) is 0 Å². The Hall–Kier alpha value is -1.79. The van der Waals surface area contributed by atoms with Crippen molar-refractivity contribution in [1.29, 1.82) is 0 Å². The Kier molecular flexibility index (Phi) is 3.07. The van der Waals surface area contributed by atoms with Crippen molar-refractivity contribution in [1.82, 2.24) is 9.55 Å². The van der Waals surface area contributed by atoms with Gasteiger partial charge in [-0.1, -0.05) is 17.7 Å². The van der Waals surface area contributed by atoms with Gasteiger partial charge in [-0.25, -0.2) is 13.2 Å². The number of H-pyrrole nitrogens is 1. The molecule has 2 nitrogen and oxygen atoms in total. The number of hydrogen-bond acceptors (Lipinski definition) is 1. The van der Waals surface area contributed by atoms with Gasteiger partial charge < -0.3 is 4.98 Å². The first-order chi connectivity index (χ1) is 9.49. The second kappa shape index (κ2) is 4.64. The summed E-state index contributed by atoms with van der Waals surface area (Å²) >= 11 is 11.2. The minimum atomic E-state index is -1.52. The van der Waals surface area contributed by atoms with Crippen LogP contribution in [0.3, 0.4) is 0 Å². The highest BCUT2D eigenvalue weighted by Gasteiger charge is 2.15. The Labute approximate surface area is 121 Å². The molecule has 0 atom stereocenters. The zero-order valence-electron chi connectivity index (χ0n) is 9.75. The van der Waals surface area contributed by atoms with Crippen molar-refractivity contribution in [3.63, 3.8) is 0 Å². The first-order valence-corrected chi connectivity index (χ1v) is 6.32. The zero-order chi connectivity index (χ0) is 14.4. The summed E-state index contributed by atoms with van der Waals surface area (Å²) in [5.74, 6) is -4.10. The summed E-state index contributed by atoms with van der Waals surface area (Å²) in [6.45, 7) is 0. The number of nitrogens with one attached hydrogen (secondary N) is 1. The molecule has 0 aliphatic heterocycles. The molecule has 0 bridgehead atoms. The molecule has 102 valence electrons. The summed E-state index contributed by atoms with van der Waals surface area (Å²) < 4.78 is 41.3. The highest BCUT2D eigenvalue weighted by Crippen LogP contribution is 2.27. The van der Waals surface area contributed by atoms with E-state index in [0.717, 1.165) is 12.1 Å². The quantitative estimate of drug-likeness (QED) is 0.507. The van der Waals surface area contributed by atoms with Crippen molar-refractivity contribution in [3.05, 3.63) is 57.6 Å². The monoisotopic (exact) mass is 314 g/mol. The van der Waals surface area contributed by atoms with E-state index in [4.69, 9.17) is 23.8 Å². The Balaban J connectivity index is 2.41. The number of imidazole rings is 1. The third kappa shape index (κ3) is 1.92. The minimum Gasteiger partial charge on any atom is -0.330 e. The van der Waals surface area contributed by atoms with Crippen LogP contribution in [-0.2, 0) is 0 Å². The van der Waals surface area contributed by atoms with E-state index < -0.39 is 17.5 Å². The van der Waals surface area contributed by atoms with Crippen molar-refractivity contribution in [2.45, 2.75) is 0 Å². The normalized spacial score (nSPS) is 11.2. The van der Waals surface area contributed by atoms with E-state index in [9.17, 15) is 13.2 Å². The van der Waals surface area contributed by atoms with Gasteiger partial charge in [0.2, 0.25) is 0 Å². The van der Waals surface area contributed by atoms with Gasteiger partial charge in [0.05, 0.1) is 21.7 Å². The molecule has 0 aliphatic rings. The number of aromatic amines is 1. The van der Waals surface area contributed by atoms with E-state index in [0.29, 0.717) is 16.1 Å². The number of halogens is 4. The summed E-state index contributed by atoms with van der Waals surface area (Å²) in [7, 11) is 0. The zero-order valence-corrected chi connectivity index (χ0v) is 11.3. The average molecular weight is 315 g/mol. The SMILES string of the molecule is Fc1cc(-n2c(=S)[nH]c3cccc(Cl)c32)cc(F)c1F. The maximum Gasteiger partial charge on any atom is 0.194 e. The van der Waals surface area contributed by atoms with Gasteiger partial charge in [-0.3, -0.25) is 4.57 Å². The summed E-state index contributed by atoms with van der Waals surface area (Å²) in [5, 5.41) is 0.361. The van der Waals surface area contributed by atoms with Gasteiger partial charge in [-0.2, -0.15) is 0 Å². The molecule has 0 saturated heterocycles. The number of nitrogens with zero attached hydrogens (tertiary/aromatic N) is 1. The highest BCUT2D eigenvalue weighted by molar-refractivity contribution is 7.71. The van der Waals surface area contributed by atoms with Crippen LogP contribution >= 0.6 is 23.8 Å². The Morgan fingerprint density at radius 3 is 2.40 bits per heavy atom. The van der Waals surface area contributed by atoms with Crippen molar-refractivity contribution >= 4 is 34.9 Å². The van der Waals surface area contributed by atoms with Crippen LogP contribution in [0.5, 0.6) is 0 Å². The molecule has 3 aromatic rings. The molecule has 0 unspecified atom stereocenters. The number of para-hydroxylation sites is 1. The molecule has 1 N–H and O–H groups in total. The number of rotatable bonds is 1. The largest absolute Gasteiger partial charge is 0.330 e. The smallest absolute Gasteiger partial charge is 0.194 e. The van der Waals surface area contributed by atoms with E-state index >= 15 is 0 Å². The van der Waals surface area contributed by atoms with E-state index in [1.165, 1.54) is 4.57 Å². The summed E-state index contributed by atoms with van der Waals surface area (Å²) in [6, 6.07) is 6.80. The molecule has 0 amide bonds. The van der Waals surface area contributed by atoms with Crippen LogP contribution in [0.2, 0.25) is 5.02 Å². The first kappa shape index (κ1) is 13.2. The van der Waals surface area contributed by atoms with Gasteiger partial charge in [-0.05, 0) is 24.4 Å². The lowest BCUT2D eigenvalue weighted by atomic mass is 10.2. The van der Waals surface area contributed by atoms with E-state index in [2.05, 4.69) is 4.98 Å². The molecule has 0 saturated carbocycles. The highest BCUT2D eigenvalue weighted by atomic mass is 35.5. The Bertz CT molecular complexity index is 862. The molecule has 0 spiro atoms. The molecule has 3 rings (SSSR count). The van der Waals surface area contributed by atoms with Crippen molar-refractivity contribution < 1.29 is 13.2 Å². The lowest BCUT2D eigenvalue weighted by Gasteiger charge is -2.07. The molecular weight excluding hydrogens is 309 g/mol. The second-order valence-electron chi connectivity index (χ2n) is 4.12. The van der Waals surface area contributed by atoms with Gasteiger partial charge in [0, 0.05) is 12.1 Å². The predicted molar refractivity (Wildman–Crippen MR) is 73.3 cm³/mol. The lowest BCUT2D eigenvalue weighted by molar-refractivity contribution is 0.446. The summed E-state index contributed by atoms with van der Waals surface area (Å²) in [5.41, 5.74) is 1.16. The lowest BCUT2D eigenvalue weighted by Crippen LogP contribution is -1.99. The fraction of sp³-hybridized carbons (Fsp3) is 0. The van der Waals surface area contributed by atoms with Gasteiger partial charge in [-0.15, -0.1) is 0 Å². The molecule has 1 heterocycles. The maximum absolute atomic E-state index is 13.4. The molecule has 0 aliphatic carbocycles. The minimum absolute atomic E-state index is 0.0609. The molecular formula is C13H6ClF3N2S. The summed E-state index contributed by atoms with van der Waals surface area (Å²) in [6.07, 6.45) is 0. The van der Waals surface area contributed by atoms with Gasteiger partial charge in [0.1, 0.15) is 0 Å². The van der Waals surface area contributed by atoms with Crippen LogP contribution < -0.4 is 0 Å². The fourth-order valence-electron chi connectivity index (χ4n) is 2.03. The summed E-state index contributed by atoms with van der Waals surface area (Å²) in [4.78, 5) is 2.87.